The molecule has 4 aromatic rings. The van der Waals surface area contributed by atoms with Crippen LogP contribution < -0.4 is 10.6 Å². The van der Waals surface area contributed by atoms with Crippen LogP contribution in [0.3, 0.4) is 0 Å². The molecule has 0 saturated carbocycles. The van der Waals surface area contributed by atoms with Crippen LogP contribution in [0, 0.1) is 12.7 Å². The van der Waals surface area contributed by atoms with Crippen molar-refractivity contribution in [1.82, 2.24) is 24.9 Å². The molecule has 9 heteroatoms. The average Bonchev–Trinajstić information content (AvgIpc) is 3.26. The van der Waals surface area contributed by atoms with Gasteiger partial charge in [0.1, 0.15) is 0 Å². The number of hydrogen-bond acceptors (Lipinski definition) is 4. The number of rotatable bonds is 3. The number of hydrogen-bond donors (Lipinski definition) is 3. The summed E-state index contributed by atoms with van der Waals surface area (Å²) in [5, 5.41) is 15.4. The number of aryl methyl sites for hydroxylation is 1. The highest BCUT2D eigenvalue weighted by molar-refractivity contribution is 6.36. The second kappa shape index (κ2) is 7.82. The van der Waals surface area contributed by atoms with Gasteiger partial charge in [0.25, 0.3) is 0 Å². The molecule has 0 amide bonds. The molecule has 4 heterocycles. The summed E-state index contributed by atoms with van der Waals surface area (Å²) in [5.41, 5.74) is 3.75. The molecule has 3 N–H and O–H groups in total. The predicted octanol–water partition coefficient (Wildman–Crippen LogP) is 4.94. The minimum absolute atomic E-state index is 0. The van der Waals surface area contributed by atoms with Crippen LogP contribution in [0.5, 0.6) is 0 Å². The Morgan fingerprint density at radius 1 is 1.21 bits per heavy atom. The topological polar surface area (TPSA) is 70.0 Å². The summed E-state index contributed by atoms with van der Waals surface area (Å²) in [7, 11) is 0. The quantitative estimate of drug-likeness (QED) is 0.426. The van der Waals surface area contributed by atoms with Gasteiger partial charge in [-0.1, -0.05) is 11.6 Å². The van der Waals surface area contributed by atoms with Gasteiger partial charge in [0.2, 0.25) is 0 Å². The van der Waals surface area contributed by atoms with Gasteiger partial charge in [-0.2, -0.15) is 5.10 Å². The summed E-state index contributed by atoms with van der Waals surface area (Å²) in [6, 6.07) is 5.57. The first-order valence-corrected chi connectivity index (χ1v) is 9.76. The lowest BCUT2D eigenvalue weighted by atomic mass is 9.90. The van der Waals surface area contributed by atoms with Gasteiger partial charge < -0.3 is 15.0 Å². The summed E-state index contributed by atoms with van der Waals surface area (Å²) in [6.45, 7) is 3.89. The monoisotopic (exact) mass is 434 g/mol. The molecule has 0 radical (unpaired) electrons. The van der Waals surface area contributed by atoms with Crippen LogP contribution in [-0.2, 0) is 0 Å². The number of piperidine rings is 1. The Hall–Kier alpha value is -2.35. The minimum atomic E-state index is -0.391. The highest BCUT2D eigenvalue weighted by Crippen LogP contribution is 2.36. The molecule has 1 saturated heterocycles. The van der Waals surface area contributed by atoms with Crippen molar-refractivity contribution >= 4 is 52.1 Å². The molecule has 0 spiro atoms. The number of nitrogens with zero attached hydrogens (tertiary/aromatic N) is 3. The van der Waals surface area contributed by atoms with E-state index >= 15 is 0 Å². The number of anilines is 2. The van der Waals surface area contributed by atoms with E-state index in [1.54, 1.807) is 16.8 Å². The molecule has 1 aliphatic rings. The first-order valence-electron chi connectivity index (χ1n) is 9.38. The summed E-state index contributed by atoms with van der Waals surface area (Å²) in [5.74, 6) is 0.688. The molecule has 1 aliphatic heterocycles. The van der Waals surface area contributed by atoms with Crippen molar-refractivity contribution < 1.29 is 4.39 Å². The van der Waals surface area contributed by atoms with E-state index in [0.29, 0.717) is 28.1 Å². The summed E-state index contributed by atoms with van der Waals surface area (Å²) < 4.78 is 16.0. The number of halogens is 3. The molecule has 1 aromatic carbocycles. The predicted molar refractivity (Wildman–Crippen MR) is 116 cm³/mol. The maximum absolute atomic E-state index is 14.4. The zero-order chi connectivity index (χ0) is 19.3. The zero-order valence-electron chi connectivity index (χ0n) is 15.8. The molecule has 1 fully saturated rings. The number of benzene rings is 1. The highest BCUT2D eigenvalue weighted by Gasteiger charge is 2.19. The van der Waals surface area contributed by atoms with Gasteiger partial charge in [0.05, 0.1) is 27.3 Å². The Balaban J connectivity index is 0.00000205. The van der Waals surface area contributed by atoms with Crippen LogP contribution in [0.15, 0.2) is 30.6 Å². The van der Waals surface area contributed by atoms with Crippen LogP contribution in [0.4, 0.5) is 15.9 Å². The van der Waals surface area contributed by atoms with Gasteiger partial charge in [0, 0.05) is 18.5 Å². The zero-order valence-corrected chi connectivity index (χ0v) is 17.4. The van der Waals surface area contributed by atoms with E-state index in [9.17, 15) is 4.39 Å². The van der Waals surface area contributed by atoms with Crippen LogP contribution >= 0.6 is 24.0 Å². The normalized spacial score (nSPS) is 15.0. The van der Waals surface area contributed by atoms with Crippen LogP contribution in [-0.4, -0.2) is 32.7 Å². The first-order chi connectivity index (χ1) is 13.6. The van der Waals surface area contributed by atoms with E-state index in [1.165, 1.54) is 11.6 Å². The maximum Gasteiger partial charge on any atom is 0.173 e. The van der Waals surface area contributed by atoms with Crippen molar-refractivity contribution in [2.24, 2.45) is 0 Å². The lowest BCUT2D eigenvalue weighted by molar-refractivity contribution is 0.460. The Labute approximate surface area is 178 Å². The van der Waals surface area contributed by atoms with Gasteiger partial charge in [-0.05, 0) is 56.5 Å². The molecule has 152 valence electrons. The summed E-state index contributed by atoms with van der Waals surface area (Å²) in [4.78, 5) is 4.18. The van der Waals surface area contributed by atoms with Gasteiger partial charge >= 0.3 is 0 Å². The number of fused-ring (bicyclic) bond motifs is 2. The number of nitrogens with one attached hydrogen (secondary N) is 3. The number of imidazole rings is 1. The van der Waals surface area contributed by atoms with Gasteiger partial charge in [0.15, 0.2) is 17.3 Å². The van der Waals surface area contributed by atoms with Crippen molar-refractivity contribution in [2.75, 3.05) is 18.4 Å². The molecule has 0 atom stereocenters. The van der Waals surface area contributed by atoms with Crippen molar-refractivity contribution in [2.45, 2.75) is 25.7 Å². The standard InChI is InChI=1S/C20H20ClFN6.ClH/c1-11-9-28-10-14(8-16(22)20(28)24-11)25-19-18-15(21)6-13(7-17(18)26-27-19)12-2-4-23-5-3-12;/h6-10,12,23H,2-5H2,1H3,(H2,25,26,27);1H. The Morgan fingerprint density at radius 2 is 2.00 bits per heavy atom. The van der Waals surface area contributed by atoms with Gasteiger partial charge in [-0.3, -0.25) is 5.10 Å². The van der Waals surface area contributed by atoms with E-state index in [0.717, 1.165) is 42.5 Å². The van der Waals surface area contributed by atoms with E-state index in [-0.39, 0.29) is 12.4 Å². The average molecular weight is 435 g/mol. The number of aromatic amines is 1. The van der Waals surface area contributed by atoms with Gasteiger partial charge in [-0.15, -0.1) is 12.4 Å². The van der Waals surface area contributed by atoms with E-state index < -0.39 is 5.82 Å². The lowest BCUT2D eigenvalue weighted by Crippen LogP contribution is -2.26. The van der Waals surface area contributed by atoms with Crippen LogP contribution in [0.2, 0.25) is 5.02 Å². The third-order valence-electron chi connectivity index (χ3n) is 5.34. The number of pyridine rings is 1. The van der Waals surface area contributed by atoms with E-state index in [2.05, 4.69) is 31.9 Å². The third-order valence-corrected chi connectivity index (χ3v) is 5.64. The molecular weight excluding hydrogens is 414 g/mol. The fourth-order valence-corrected chi connectivity index (χ4v) is 4.31. The van der Waals surface area contributed by atoms with E-state index in [4.69, 9.17) is 11.6 Å². The van der Waals surface area contributed by atoms with Crippen LogP contribution in [0.25, 0.3) is 16.6 Å². The second-order valence-electron chi connectivity index (χ2n) is 7.34. The molecule has 0 aliphatic carbocycles. The largest absolute Gasteiger partial charge is 0.337 e. The molecule has 5 rings (SSSR count). The molecule has 0 unspecified atom stereocenters. The van der Waals surface area contributed by atoms with Gasteiger partial charge in [-0.25, -0.2) is 9.37 Å². The van der Waals surface area contributed by atoms with Crippen molar-refractivity contribution in [3.8, 4) is 0 Å². The van der Waals surface area contributed by atoms with E-state index in [1.807, 2.05) is 13.0 Å². The minimum Gasteiger partial charge on any atom is -0.337 e. The number of H-pyrrole nitrogens is 1. The smallest absolute Gasteiger partial charge is 0.173 e. The summed E-state index contributed by atoms with van der Waals surface area (Å²) >= 11 is 6.62. The fraction of sp³-hybridized carbons (Fsp3) is 0.300. The van der Waals surface area contributed by atoms with Crippen molar-refractivity contribution in [3.05, 3.63) is 52.7 Å². The first kappa shape index (κ1) is 19.9. The Bertz CT molecular complexity index is 1180. The molecule has 6 nitrogen and oxygen atoms in total. The maximum atomic E-state index is 14.4. The molecule has 3 aromatic heterocycles. The third kappa shape index (κ3) is 3.66. The Kier molecular flexibility index (Phi) is 5.38. The Morgan fingerprint density at radius 3 is 2.79 bits per heavy atom. The second-order valence-corrected chi connectivity index (χ2v) is 7.74. The van der Waals surface area contributed by atoms with Crippen molar-refractivity contribution in [3.63, 3.8) is 0 Å². The molecule has 29 heavy (non-hydrogen) atoms. The highest BCUT2D eigenvalue weighted by atomic mass is 35.5. The molecule has 0 bridgehead atoms. The molecular formula is C20H21Cl2FN6. The SMILES string of the molecule is Cc1cn2cc(Nc3n[nH]c4cc(C5CCNCC5)cc(Cl)c34)cc(F)c2n1.Cl. The van der Waals surface area contributed by atoms with Crippen LogP contribution in [0.1, 0.15) is 30.0 Å². The van der Waals surface area contributed by atoms with Crippen molar-refractivity contribution in [1.29, 1.82) is 0 Å². The number of aromatic nitrogens is 4. The fourth-order valence-electron chi connectivity index (χ4n) is 3.99. The lowest BCUT2D eigenvalue weighted by Gasteiger charge is -2.23. The summed E-state index contributed by atoms with van der Waals surface area (Å²) in [6.07, 6.45) is 5.77.